The van der Waals surface area contributed by atoms with Gasteiger partial charge in [-0.1, -0.05) is 37.6 Å². The second kappa shape index (κ2) is 7.13. The molecule has 2 heterocycles. The summed E-state index contributed by atoms with van der Waals surface area (Å²) in [7, 11) is -7.27. The van der Waals surface area contributed by atoms with E-state index in [1.54, 1.807) is 0 Å². The van der Waals surface area contributed by atoms with Crippen LogP contribution < -0.4 is 10.5 Å². The smallest absolute Gasteiger partial charge is 0.310 e. The minimum atomic E-state index is -9.95. The molecule has 35 heavy (non-hydrogen) atoms. The van der Waals surface area contributed by atoms with Gasteiger partial charge in [0.05, 0.1) is 13.3 Å². The van der Waals surface area contributed by atoms with Gasteiger partial charge in [-0.15, -0.1) is 0 Å². The first-order valence-corrected chi connectivity index (χ1v) is 11.8. The molecule has 4 rings (SSSR count). The largest absolute Gasteiger partial charge is 0.495 e. The SMILES string of the molecule is COc1cncc(-c2cc(C3(c4ccc(S(F)(F)(F)(F)F)cc4)N=C(N)N(C)C3=O)ccc2F)c1. The molecule has 0 saturated carbocycles. The van der Waals surface area contributed by atoms with Gasteiger partial charge in [0.25, 0.3) is 5.91 Å². The highest BCUT2D eigenvalue weighted by Crippen LogP contribution is 3.02. The van der Waals surface area contributed by atoms with Gasteiger partial charge >= 0.3 is 10.2 Å². The number of aromatic nitrogens is 1. The summed E-state index contributed by atoms with van der Waals surface area (Å²) in [5.74, 6) is -1.39. The fourth-order valence-corrected chi connectivity index (χ4v) is 4.44. The lowest BCUT2D eigenvalue weighted by Gasteiger charge is -2.40. The molecule has 0 spiro atoms. The quantitative estimate of drug-likeness (QED) is 0.449. The van der Waals surface area contributed by atoms with Gasteiger partial charge in [-0.05, 0) is 41.5 Å². The van der Waals surface area contributed by atoms with Crippen LogP contribution in [-0.4, -0.2) is 35.9 Å². The Balaban J connectivity index is 1.94. The second-order valence-electron chi connectivity index (χ2n) is 7.85. The van der Waals surface area contributed by atoms with Crippen LogP contribution in [0.5, 0.6) is 5.75 Å². The maximum atomic E-state index is 14.8. The number of amides is 1. The molecule has 0 radical (unpaired) electrons. The topological polar surface area (TPSA) is 80.8 Å². The van der Waals surface area contributed by atoms with E-state index in [0.29, 0.717) is 5.75 Å². The Labute approximate surface area is 195 Å². The third-order valence-electron chi connectivity index (χ3n) is 5.60. The lowest BCUT2D eigenvalue weighted by Crippen LogP contribution is -2.41. The summed E-state index contributed by atoms with van der Waals surface area (Å²) in [6.07, 6.45) is 2.74. The number of likely N-dealkylation sites (N-methyl/N-ethyl adjacent to an activating group) is 1. The Morgan fingerprint density at radius 1 is 0.971 bits per heavy atom. The van der Waals surface area contributed by atoms with E-state index in [0.717, 1.165) is 23.1 Å². The Kier molecular flexibility index (Phi) is 4.97. The highest BCUT2D eigenvalue weighted by atomic mass is 32.5. The van der Waals surface area contributed by atoms with Gasteiger partial charge in [0.1, 0.15) is 16.5 Å². The Morgan fingerprint density at radius 3 is 2.14 bits per heavy atom. The number of halogens is 6. The van der Waals surface area contributed by atoms with Crippen molar-refractivity contribution in [1.29, 1.82) is 0 Å². The number of benzene rings is 2. The van der Waals surface area contributed by atoms with E-state index >= 15 is 0 Å². The lowest BCUT2D eigenvalue weighted by atomic mass is 9.81. The molecule has 3 aromatic rings. The minimum absolute atomic E-state index is 0.00645. The van der Waals surface area contributed by atoms with Crippen molar-refractivity contribution < 1.29 is 33.4 Å². The number of methoxy groups -OCH3 is 1. The third-order valence-corrected chi connectivity index (χ3v) is 6.76. The second-order valence-corrected chi connectivity index (χ2v) is 10.3. The number of nitrogens with two attached hydrogens (primary N) is 1. The van der Waals surface area contributed by atoms with Gasteiger partial charge in [-0.3, -0.25) is 14.7 Å². The van der Waals surface area contributed by atoms with Crippen LogP contribution in [0.25, 0.3) is 11.1 Å². The van der Waals surface area contributed by atoms with Crippen LogP contribution in [-0.2, 0) is 10.3 Å². The molecule has 1 atom stereocenters. The molecular formula is C22H18F6N4O2S. The number of hydrogen-bond acceptors (Lipinski definition) is 5. The van der Waals surface area contributed by atoms with Crippen LogP contribution in [0.4, 0.5) is 23.8 Å². The molecule has 2 N–H and O–H groups in total. The summed E-state index contributed by atoms with van der Waals surface area (Å²) in [5, 5.41) is 0. The van der Waals surface area contributed by atoms with E-state index in [1.807, 2.05) is 0 Å². The molecular weight excluding hydrogens is 498 g/mol. The monoisotopic (exact) mass is 516 g/mol. The predicted octanol–water partition coefficient (Wildman–Crippen LogP) is 5.58. The van der Waals surface area contributed by atoms with Crippen LogP contribution in [0.15, 0.2) is 70.8 Å². The molecule has 186 valence electrons. The maximum absolute atomic E-state index is 14.8. The molecule has 0 bridgehead atoms. The lowest BCUT2D eigenvalue weighted by molar-refractivity contribution is -0.129. The Bertz CT molecular complexity index is 1380. The number of nitrogens with zero attached hydrogens (tertiary/aromatic N) is 3. The normalized spacial score (nSPS) is 20.3. The van der Waals surface area contributed by atoms with Crippen LogP contribution in [0, 0.1) is 5.82 Å². The van der Waals surface area contributed by atoms with Crippen molar-refractivity contribution in [2.45, 2.75) is 10.4 Å². The van der Waals surface area contributed by atoms with Crippen molar-refractivity contribution in [3.8, 4) is 16.9 Å². The number of hydrogen-bond donors (Lipinski definition) is 1. The molecule has 6 nitrogen and oxygen atoms in total. The zero-order chi connectivity index (χ0) is 25.9. The standard InChI is InChI=1S/C22H18F6N4O2S/c1-32-20(33)22(31-21(32)29,14-3-6-17(7-4-14)35(24,25,26,27)28)15-5-8-19(23)18(10-15)13-9-16(34-2)12-30-11-13/h3-12H,1-2H3,(H2,29,31). The highest BCUT2D eigenvalue weighted by molar-refractivity contribution is 8.45. The molecule has 0 fully saturated rings. The van der Waals surface area contributed by atoms with Crippen LogP contribution in [0.1, 0.15) is 11.1 Å². The van der Waals surface area contributed by atoms with Crippen LogP contribution in [0.2, 0.25) is 0 Å². The zero-order valence-electron chi connectivity index (χ0n) is 18.2. The van der Waals surface area contributed by atoms with Crippen LogP contribution in [0.3, 0.4) is 0 Å². The first kappa shape index (κ1) is 24.4. The van der Waals surface area contributed by atoms with Gasteiger partial charge in [-0.25, -0.2) is 9.38 Å². The molecule has 1 amide bonds. The molecule has 13 heteroatoms. The fourth-order valence-electron chi connectivity index (χ4n) is 3.79. The number of carbonyl (C=O) groups is 1. The summed E-state index contributed by atoms with van der Waals surface area (Å²) in [6, 6.07) is 6.88. The van der Waals surface area contributed by atoms with Gasteiger partial charge in [0.2, 0.25) is 0 Å². The summed E-state index contributed by atoms with van der Waals surface area (Å²) in [6.45, 7) is 0. The summed E-state index contributed by atoms with van der Waals surface area (Å²) < 4.78 is 86.1. The number of ether oxygens (including phenoxy) is 1. The first-order chi connectivity index (χ1) is 16.1. The number of aliphatic imine (C=N–C) groups is 1. The average molecular weight is 516 g/mol. The maximum Gasteiger partial charge on any atom is 0.310 e. The number of rotatable bonds is 5. The van der Waals surface area contributed by atoms with Crippen molar-refractivity contribution in [3.63, 3.8) is 0 Å². The first-order valence-electron chi connectivity index (χ1n) is 9.84. The van der Waals surface area contributed by atoms with Crippen molar-refractivity contribution in [2.24, 2.45) is 10.7 Å². The molecule has 2 aromatic carbocycles. The van der Waals surface area contributed by atoms with E-state index in [4.69, 9.17) is 10.5 Å². The van der Waals surface area contributed by atoms with Gasteiger partial charge < -0.3 is 10.5 Å². The summed E-state index contributed by atoms with van der Waals surface area (Å²) >= 11 is 0. The Hall–Kier alpha value is -3.74. The van der Waals surface area contributed by atoms with E-state index in [2.05, 4.69) is 9.98 Å². The fraction of sp³-hybridized carbons (Fsp3) is 0.136. The molecule has 0 saturated heterocycles. The van der Waals surface area contributed by atoms with Crippen molar-refractivity contribution >= 4 is 22.1 Å². The van der Waals surface area contributed by atoms with Crippen molar-refractivity contribution in [2.75, 3.05) is 14.2 Å². The van der Waals surface area contributed by atoms with Crippen molar-refractivity contribution in [3.05, 3.63) is 77.9 Å². The van der Waals surface area contributed by atoms with Gasteiger partial charge in [0, 0.05) is 24.4 Å². The molecule has 1 aromatic heterocycles. The highest BCUT2D eigenvalue weighted by Gasteiger charge is 2.65. The van der Waals surface area contributed by atoms with E-state index < -0.39 is 32.4 Å². The molecule has 1 unspecified atom stereocenters. The summed E-state index contributed by atoms with van der Waals surface area (Å²) in [4.78, 5) is 20.3. The number of guanidine groups is 1. The van der Waals surface area contributed by atoms with Gasteiger partial charge in [-0.2, -0.15) is 0 Å². The van der Waals surface area contributed by atoms with Crippen LogP contribution >= 0.6 is 10.2 Å². The summed E-state index contributed by atoms with van der Waals surface area (Å²) in [5.41, 5.74) is 3.96. The molecule has 1 aliphatic rings. The number of carbonyl (C=O) groups excluding carboxylic acids is 1. The minimum Gasteiger partial charge on any atom is -0.495 e. The zero-order valence-corrected chi connectivity index (χ0v) is 19.0. The predicted molar refractivity (Wildman–Crippen MR) is 119 cm³/mol. The Morgan fingerprint density at radius 2 is 1.60 bits per heavy atom. The molecule has 0 aliphatic carbocycles. The average Bonchev–Trinajstić information content (AvgIpc) is 3.03. The van der Waals surface area contributed by atoms with Gasteiger partial charge in [0.15, 0.2) is 11.5 Å². The third kappa shape index (κ3) is 4.16. The van der Waals surface area contributed by atoms with Crippen molar-refractivity contribution in [1.82, 2.24) is 9.88 Å². The number of pyridine rings is 1. The van der Waals surface area contributed by atoms with E-state index in [1.165, 1.54) is 44.8 Å². The van der Waals surface area contributed by atoms with E-state index in [-0.39, 0.29) is 40.3 Å². The molecule has 1 aliphatic heterocycles. The van der Waals surface area contributed by atoms with E-state index in [9.17, 15) is 28.6 Å².